The number of nitrogens with zero attached hydrogens (tertiary/aromatic N) is 2. The standard InChI is InChI=1S/C18H12ClN3O5/c19-13-5-12(17(24)15(8-13)22(26)27)9-20-21-18(25)14-6-10-3-1-2-4-11(10)7-16(14)23/h1-9,23-24H,(H,21,25)/b20-9-. The van der Waals surface area contributed by atoms with Gasteiger partial charge in [-0.25, -0.2) is 5.43 Å². The summed E-state index contributed by atoms with van der Waals surface area (Å²) in [5.74, 6) is -1.54. The summed E-state index contributed by atoms with van der Waals surface area (Å²) in [6.45, 7) is 0. The van der Waals surface area contributed by atoms with Crippen molar-refractivity contribution in [2.24, 2.45) is 5.10 Å². The highest BCUT2D eigenvalue weighted by Crippen LogP contribution is 2.32. The maximum absolute atomic E-state index is 12.2. The summed E-state index contributed by atoms with van der Waals surface area (Å²) in [6, 6.07) is 12.4. The zero-order valence-electron chi connectivity index (χ0n) is 13.6. The summed E-state index contributed by atoms with van der Waals surface area (Å²) >= 11 is 5.78. The fraction of sp³-hybridized carbons (Fsp3) is 0. The molecule has 0 aliphatic rings. The molecule has 0 saturated carbocycles. The van der Waals surface area contributed by atoms with Gasteiger partial charge in [0.15, 0.2) is 0 Å². The molecule has 9 heteroatoms. The fourth-order valence-corrected chi connectivity index (χ4v) is 2.69. The number of halogens is 1. The number of hydrogen-bond donors (Lipinski definition) is 3. The zero-order chi connectivity index (χ0) is 19.6. The molecule has 0 saturated heterocycles. The summed E-state index contributed by atoms with van der Waals surface area (Å²) in [6.07, 6.45) is 1.02. The highest BCUT2D eigenvalue weighted by Gasteiger charge is 2.18. The SMILES string of the molecule is O=C(N/N=C\c1cc(Cl)cc([N+](=O)[O-])c1O)c1cc2ccccc2cc1O. The van der Waals surface area contributed by atoms with Gasteiger partial charge in [-0.05, 0) is 29.0 Å². The van der Waals surface area contributed by atoms with E-state index in [4.69, 9.17) is 11.6 Å². The Morgan fingerprint density at radius 2 is 1.81 bits per heavy atom. The van der Waals surface area contributed by atoms with Crippen LogP contribution in [0.3, 0.4) is 0 Å². The van der Waals surface area contributed by atoms with E-state index in [2.05, 4.69) is 10.5 Å². The Kier molecular flexibility index (Phi) is 4.91. The number of nitro benzene ring substituents is 1. The van der Waals surface area contributed by atoms with Gasteiger partial charge in [0.25, 0.3) is 5.91 Å². The van der Waals surface area contributed by atoms with Gasteiger partial charge < -0.3 is 10.2 Å². The molecule has 0 bridgehead atoms. The lowest BCUT2D eigenvalue weighted by atomic mass is 10.1. The number of aromatic hydroxyl groups is 2. The molecule has 0 unspecified atom stereocenters. The van der Waals surface area contributed by atoms with Gasteiger partial charge >= 0.3 is 5.69 Å². The van der Waals surface area contributed by atoms with Crippen LogP contribution in [0.2, 0.25) is 5.02 Å². The lowest BCUT2D eigenvalue weighted by molar-refractivity contribution is -0.385. The molecule has 0 fully saturated rings. The number of nitrogens with one attached hydrogen (secondary N) is 1. The van der Waals surface area contributed by atoms with Gasteiger partial charge in [-0.2, -0.15) is 5.10 Å². The molecule has 0 heterocycles. The van der Waals surface area contributed by atoms with Gasteiger partial charge in [0, 0.05) is 16.7 Å². The van der Waals surface area contributed by atoms with E-state index in [1.165, 1.54) is 18.2 Å². The molecule has 1 amide bonds. The minimum absolute atomic E-state index is 0.00662. The Bertz CT molecular complexity index is 1100. The van der Waals surface area contributed by atoms with Crippen LogP contribution in [0, 0.1) is 10.1 Å². The Morgan fingerprint density at radius 1 is 1.15 bits per heavy atom. The van der Waals surface area contributed by atoms with E-state index in [0.717, 1.165) is 23.1 Å². The first-order chi connectivity index (χ1) is 12.9. The van der Waals surface area contributed by atoms with Gasteiger partial charge in [-0.15, -0.1) is 0 Å². The van der Waals surface area contributed by atoms with E-state index < -0.39 is 22.3 Å². The summed E-state index contributed by atoms with van der Waals surface area (Å²) in [7, 11) is 0. The van der Waals surface area contributed by atoms with Crippen molar-refractivity contribution in [1.29, 1.82) is 0 Å². The van der Waals surface area contributed by atoms with Crippen LogP contribution in [-0.2, 0) is 0 Å². The van der Waals surface area contributed by atoms with E-state index in [-0.39, 0.29) is 21.9 Å². The van der Waals surface area contributed by atoms with Crippen molar-refractivity contribution in [1.82, 2.24) is 5.43 Å². The van der Waals surface area contributed by atoms with Crippen molar-refractivity contribution >= 4 is 40.2 Å². The summed E-state index contributed by atoms with van der Waals surface area (Å²) < 4.78 is 0. The molecule has 136 valence electrons. The third kappa shape index (κ3) is 3.80. The lowest BCUT2D eigenvalue weighted by Crippen LogP contribution is -2.17. The number of carbonyl (C=O) groups excluding carboxylic acids is 1. The second kappa shape index (κ2) is 7.30. The number of hydrogen-bond acceptors (Lipinski definition) is 6. The summed E-state index contributed by atoms with van der Waals surface area (Å²) in [5.41, 5.74) is 1.58. The van der Waals surface area contributed by atoms with E-state index >= 15 is 0 Å². The van der Waals surface area contributed by atoms with Crippen molar-refractivity contribution in [3.63, 3.8) is 0 Å². The predicted octanol–water partition coefficient (Wildman–Crippen LogP) is 3.58. The molecule has 8 nitrogen and oxygen atoms in total. The van der Waals surface area contributed by atoms with E-state index in [0.29, 0.717) is 0 Å². The number of benzene rings is 3. The summed E-state index contributed by atoms with van der Waals surface area (Å²) in [5, 5.41) is 36.0. The number of nitro groups is 1. The van der Waals surface area contributed by atoms with Crippen LogP contribution in [0.25, 0.3) is 10.8 Å². The lowest BCUT2D eigenvalue weighted by Gasteiger charge is -2.06. The largest absolute Gasteiger partial charge is 0.507 e. The molecule has 0 atom stereocenters. The van der Waals surface area contributed by atoms with Gasteiger partial charge in [0.05, 0.1) is 16.7 Å². The van der Waals surface area contributed by atoms with Crippen molar-refractivity contribution in [3.8, 4) is 11.5 Å². The number of hydrazone groups is 1. The Labute approximate surface area is 157 Å². The number of phenols is 2. The number of amides is 1. The number of fused-ring (bicyclic) bond motifs is 1. The minimum Gasteiger partial charge on any atom is -0.507 e. The van der Waals surface area contributed by atoms with Crippen molar-refractivity contribution in [2.75, 3.05) is 0 Å². The first-order valence-electron chi connectivity index (χ1n) is 7.59. The monoisotopic (exact) mass is 385 g/mol. The molecule has 0 aliphatic carbocycles. The van der Waals surface area contributed by atoms with E-state index in [1.807, 2.05) is 6.07 Å². The smallest absolute Gasteiger partial charge is 0.312 e. The van der Waals surface area contributed by atoms with Gasteiger partial charge in [-0.3, -0.25) is 14.9 Å². The molecule has 0 spiro atoms. The van der Waals surface area contributed by atoms with Gasteiger partial charge in [0.1, 0.15) is 5.75 Å². The third-order valence-corrected chi connectivity index (χ3v) is 3.98. The zero-order valence-corrected chi connectivity index (χ0v) is 14.3. The Hall–Kier alpha value is -3.65. The van der Waals surface area contributed by atoms with Crippen LogP contribution < -0.4 is 5.43 Å². The van der Waals surface area contributed by atoms with Crippen LogP contribution in [0.5, 0.6) is 11.5 Å². The average molecular weight is 386 g/mol. The van der Waals surface area contributed by atoms with Crippen molar-refractivity contribution < 1.29 is 19.9 Å². The first-order valence-corrected chi connectivity index (χ1v) is 7.96. The molecule has 0 radical (unpaired) electrons. The molecule has 0 aliphatic heterocycles. The van der Waals surface area contributed by atoms with Crippen LogP contribution in [-0.4, -0.2) is 27.3 Å². The van der Waals surface area contributed by atoms with Crippen LogP contribution >= 0.6 is 11.6 Å². The predicted molar refractivity (Wildman–Crippen MR) is 100 cm³/mol. The molecule has 3 aromatic carbocycles. The second-order valence-electron chi connectivity index (χ2n) is 5.54. The summed E-state index contributed by atoms with van der Waals surface area (Å²) in [4.78, 5) is 22.3. The van der Waals surface area contributed by atoms with Crippen molar-refractivity contribution in [3.05, 3.63) is 74.8 Å². The molecule has 0 aromatic heterocycles. The van der Waals surface area contributed by atoms with Crippen LogP contribution in [0.15, 0.2) is 53.6 Å². The Morgan fingerprint density at radius 3 is 2.48 bits per heavy atom. The van der Waals surface area contributed by atoms with Gasteiger partial charge in [0.2, 0.25) is 5.75 Å². The number of phenolic OH excluding ortho intramolecular Hbond substituents is 2. The quantitative estimate of drug-likeness (QED) is 0.359. The van der Waals surface area contributed by atoms with Gasteiger partial charge in [-0.1, -0.05) is 35.9 Å². The maximum atomic E-state index is 12.2. The molecular formula is C18H12ClN3O5. The topological polar surface area (TPSA) is 125 Å². The molecule has 27 heavy (non-hydrogen) atoms. The third-order valence-electron chi connectivity index (χ3n) is 3.76. The number of carbonyl (C=O) groups is 1. The first kappa shape index (κ1) is 18.2. The molecule has 3 aromatic rings. The normalized spacial score (nSPS) is 11.0. The van der Waals surface area contributed by atoms with Crippen LogP contribution in [0.4, 0.5) is 5.69 Å². The Balaban J connectivity index is 1.84. The number of rotatable bonds is 4. The highest BCUT2D eigenvalue weighted by atomic mass is 35.5. The average Bonchev–Trinajstić information content (AvgIpc) is 2.63. The van der Waals surface area contributed by atoms with E-state index in [9.17, 15) is 25.1 Å². The molecule has 3 rings (SSSR count). The van der Waals surface area contributed by atoms with Crippen molar-refractivity contribution in [2.45, 2.75) is 0 Å². The van der Waals surface area contributed by atoms with E-state index in [1.54, 1.807) is 18.2 Å². The fourth-order valence-electron chi connectivity index (χ4n) is 2.47. The maximum Gasteiger partial charge on any atom is 0.312 e. The molecular weight excluding hydrogens is 374 g/mol. The van der Waals surface area contributed by atoms with Crippen LogP contribution in [0.1, 0.15) is 15.9 Å². The second-order valence-corrected chi connectivity index (χ2v) is 5.97. The molecule has 3 N–H and O–H groups in total. The minimum atomic E-state index is -0.787. The highest BCUT2D eigenvalue weighted by molar-refractivity contribution is 6.31.